The topological polar surface area (TPSA) is 213 Å². The maximum Gasteiger partial charge on any atom is 0.335 e. The molecule has 0 radical (unpaired) electrons. The summed E-state index contributed by atoms with van der Waals surface area (Å²) in [6.07, 6.45) is -14.3. The Morgan fingerprint density at radius 3 is 2.29 bits per heavy atom. The van der Waals surface area contributed by atoms with Gasteiger partial charge in [-0.05, 0) is 44.1 Å². The van der Waals surface area contributed by atoms with Gasteiger partial charge >= 0.3 is 5.97 Å². The first-order valence-corrected chi connectivity index (χ1v) is 12.7. The molecule has 0 bridgehead atoms. The Kier molecular flexibility index (Phi) is 10.1. The molecule has 2 heterocycles. The van der Waals surface area contributed by atoms with Crippen LogP contribution >= 0.6 is 0 Å². The van der Waals surface area contributed by atoms with Crippen LogP contribution in [0.15, 0.2) is 11.6 Å². The second-order valence-electron chi connectivity index (χ2n) is 11.1. The van der Waals surface area contributed by atoms with Gasteiger partial charge in [0.1, 0.15) is 42.7 Å². The third-order valence-electron chi connectivity index (χ3n) is 7.67. The summed E-state index contributed by atoms with van der Waals surface area (Å²) in [5, 5.41) is 70.3. The van der Waals surface area contributed by atoms with Crippen LogP contribution in [-0.4, -0.2) is 122 Å². The number of hydrogen-bond donors (Lipinski definition) is 7. The number of rotatable bonds is 9. The molecule has 38 heavy (non-hydrogen) atoms. The van der Waals surface area contributed by atoms with Crippen LogP contribution in [0.3, 0.4) is 0 Å². The van der Waals surface area contributed by atoms with Crippen LogP contribution in [0.5, 0.6) is 0 Å². The Balaban J connectivity index is 1.73. The van der Waals surface area contributed by atoms with E-state index in [4.69, 9.17) is 18.9 Å². The zero-order valence-electron chi connectivity index (χ0n) is 21.9. The predicted octanol–water partition coefficient (Wildman–Crippen LogP) is -1.55. The van der Waals surface area contributed by atoms with Gasteiger partial charge in [-0.25, -0.2) is 4.79 Å². The van der Waals surface area contributed by atoms with Crippen LogP contribution in [-0.2, 0) is 28.5 Å². The summed E-state index contributed by atoms with van der Waals surface area (Å²) in [7, 11) is 0. The van der Waals surface area contributed by atoms with E-state index < -0.39 is 80.1 Å². The van der Waals surface area contributed by atoms with Gasteiger partial charge in [0.25, 0.3) is 0 Å². The molecule has 0 unspecified atom stereocenters. The highest BCUT2D eigenvalue weighted by atomic mass is 16.8. The highest BCUT2D eigenvalue weighted by molar-refractivity contribution is 5.91. The zero-order chi connectivity index (χ0) is 28.5. The number of carboxylic acids is 1. The molecule has 0 spiro atoms. The Labute approximate surface area is 220 Å². The number of aliphatic hydroxyl groups is 6. The first-order valence-electron chi connectivity index (χ1n) is 12.7. The lowest BCUT2D eigenvalue weighted by molar-refractivity contribution is -0.368. The van der Waals surface area contributed by atoms with Gasteiger partial charge in [-0.3, -0.25) is 4.79 Å². The van der Waals surface area contributed by atoms with Crippen molar-refractivity contribution in [3.63, 3.8) is 0 Å². The molecule has 13 nitrogen and oxygen atoms in total. The van der Waals surface area contributed by atoms with E-state index >= 15 is 0 Å². The fourth-order valence-corrected chi connectivity index (χ4v) is 5.54. The van der Waals surface area contributed by atoms with E-state index in [1.54, 1.807) is 13.0 Å². The van der Waals surface area contributed by atoms with Crippen molar-refractivity contribution < 1.29 is 64.3 Å². The van der Waals surface area contributed by atoms with E-state index in [-0.39, 0.29) is 17.1 Å². The molecule has 2 aliphatic heterocycles. The third kappa shape index (κ3) is 6.61. The minimum atomic E-state index is -1.94. The van der Waals surface area contributed by atoms with Crippen LogP contribution < -0.4 is 0 Å². The molecule has 13 heteroatoms. The molecule has 12 atom stereocenters. The minimum absolute atomic E-state index is 0.0844. The summed E-state index contributed by atoms with van der Waals surface area (Å²) in [5.41, 5.74) is 0.732. The van der Waals surface area contributed by atoms with Gasteiger partial charge in [0.2, 0.25) is 0 Å². The molecule has 7 N–H and O–H groups in total. The summed E-state index contributed by atoms with van der Waals surface area (Å²) < 4.78 is 22.4. The number of carbonyl (C=O) groups is 2. The normalized spacial score (nSPS) is 42.4. The minimum Gasteiger partial charge on any atom is -0.479 e. The Morgan fingerprint density at radius 1 is 1.05 bits per heavy atom. The molecule has 0 amide bonds. The van der Waals surface area contributed by atoms with Crippen LogP contribution in [0.2, 0.25) is 0 Å². The molecular formula is C25H40O13. The van der Waals surface area contributed by atoms with Gasteiger partial charge in [-0.15, -0.1) is 0 Å². The fourth-order valence-electron chi connectivity index (χ4n) is 5.54. The number of ether oxygens (including phenoxy) is 4. The highest BCUT2D eigenvalue weighted by Gasteiger charge is 2.52. The van der Waals surface area contributed by atoms with Gasteiger partial charge in [0.15, 0.2) is 24.5 Å². The number of carboxylic acid groups (broad SMARTS) is 1. The summed E-state index contributed by atoms with van der Waals surface area (Å²) in [6.45, 7) is 7.07. The number of allylic oxidation sites excluding steroid dienone is 2. The van der Waals surface area contributed by atoms with E-state index in [1.165, 1.54) is 0 Å². The molecule has 0 aromatic carbocycles. The first-order chi connectivity index (χ1) is 17.7. The third-order valence-corrected chi connectivity index (χ3v) is 7.67. The summed E-state index contributed by atoms with van der Waals surface area (Å²) in [6, 6.07) is 0. The van der Waals surface area contributed by atoms with Crippen LogP contribution in [0.25, 0.3) is 0 Å². The highest BCUT2D eigenvalue weighted by Crippen LogP contribution is 2.42. The van der Waals surface area contributed by atoms with Crippen molar-refractivity contribution in [2.45, 2.75) is 114 Å². The maximum absolute atomic E-state index is 12.0. The monoisotopic (exact) mass is 548 g/mol. The van der Waals surface area contributed by atoms with Crippen molar-refractivity contribution in [1.82, 2.24) is 0 Å². The molecule has 3 rings (SSSR count). The molecule has 0 aromatic heterocycles. The van der Waals surface area contributed by atoms with Crippen molar-refractivity contribution in [3.05, 3.63) is 11.6 Å². The van der Waals surface area contributed by atoms with Gasteiger partial charge in [0.05, 0.1) is 12.7 Å². The smallest absolute Gasteiger partial charge is 0.335 e. The molecular weight excluding hydrogens is 508 g/mol. The lowest BCUT2D eigenvalue weighted by atomic mass is 9.66. The van der Waals surface area contributed by atoms with E-state index in [2.05, 4.69) is 0 Å². The quantitative estimate of drug-likeness (QED) is 0.174. The molecule has 1 aliphatic carbocycles. The fraction of sp³-hybridized carbons (Fsp3) is 0.840. The van der Waals surface area contributed by atoms with Gasteiger partial charge in [0, 0.05) is 6.42 Å². The van der Waals surface area contributed by atoms with Crippen molar-refractivity contribution in [1.29, 1.82) is 0 Å². The molecule has 2 saturated heterocycles. The largest absolute Gasteiger partial charge is 0.479 e. The van der Waals surface area contributed by atoms with Crippen molar-refractivity contribution in [2.24, 2.45) is 11.3 Å². The number of ketones is 1. The van der Waals surface area contributed by atoms with Gasteiger partial charge in [-0.1, -0.05) is 19.4 Å². The molecule has 3 aliphatic rings. The van der Waals surface area contributed by atoms with Gasteiger partial charge in [-0.2, -0.15) is 0 Å². The Bertz CT molecular complexity index is 875. The number of carbonyl (C=O) groups excluding carboxylic acids is 1. The van der Waals surface area contributed by atoms with Crippen LogP contribution in [0.1, 0.15) is 47.0 Å². The number of aliphatic carboxylic acids is 1. The first kappa shape index (κ1) is 31.0. The van der Waals surface area contributed by atoms with Crippen molar-refractivity contribution in [3.8, 4) is 0 Å². The van der Waals surface area contributed by atoms with Crippen molar-refractivity contribution in [2.75, 3.05) is 6.61 Å². The SMILES string of the molecule is CC1=CC(=O)CC(C)(C)[C@H]1CC[C@@H](C)O[C@@H]1O[C@H](CO)[C@@H](O)[C@H](O)[C@H]1O[C@@H]1O[C@H](C(=O)O)[C@@H](O)[C@H](O)[C@H]1O. The predicted molar refractivity (Wildman–Crippen MR) is 127 cm³/mol. The summed E-state index contributed by atoms with van der Waals surface area (Å²) in [4.78, 5) is 23.4. The average molecular weight is 549 g/mol. The number of hydrogen-bond acceptors (Lipinski definition) is 12. The number of aliphatic hydroxyl groups excluding tert-OH is 6. The lowest BCUT2D eigenvalue weighted by Gasteiger charge is -2.46. The van der Waals surface area contributed by atoms with Crippen LogP contribution in [0, 0.1) is 11.3 Å². The molecule has 0 aromatic rings. The van der Waals surface area contributed by atoms with Crippen molar-refractivity contribution >= 4 is 11.8 Å². The Morgan fingerprint density at radius 2 is 1.71 bits per heavy atom. The van der Waals surface area contributed by atoms with E-state index in [0.717, 1.165) is 5.57 Å². The standard InChI is InChI=1S/C25H40O13/c1-10-7-12(27)8-25(3,4)13(10)6-5-11(2)35-24-21(17(30)15(28)14(9-26)36-24)38-23-19(32)16(29)18(31)20(37-23)22(33)34/h7,11,13-21,23-24,26,28-32H,5-6,8-9H2,1-4H3,(H,33,34)/t11-,13+,14-,15-,16+,17+,18+,19-,20+,21-,23+,24-/m1/s1. The van der Waals surface area contributed by atoms with Crippen LogP contribution in [0.4, 0.5) is 0 Å². The van der Waals surface area contributed by atoms with E-state index in [9.17, 15) is 45.3 Å². The lowest BCUT2D eigenvalue weighted by Crippen LogP contribution is -2.65. The summed E-state index contributed by atoms with van der Waals surface area (Å²) in [5.74, 6) is -1.41. The average Bonchev–Trinajstić information content (AvgIpc) is 2.81. The second kappa shape index (κ2) is 12.3. The summed E-state index contributed by atoms with van der Waals surface area (Å²) >= 11 is 0. The zero-order valence-corrected chi connectivity index (χ0v) is 21.9. The molecule has 0 saturated carbocycles. The molecule has 218 valence electrons. The Hall–Kier alpha value is -1.52. The second-order valence-corrected chi connectivity index (χ2v) is 11.1. The maximum atomic E-state index is 12.0. The van der Waals surface area contributed by atoms with E-state index in [1.807, 2.05) is 20.8 Å². The van der Waals surface area contributed by atoms with E-state index in [0.29, 0.717) is 19.3 Å². The molecule has 2 fully saturated rings. The van der Waals surface area contributed by atoms with Gasteiger partial charge < -0.3 is 54.7 Å².